The molecular formula is C17H18N2O4. The van der Waals surface area contributed by atoms with E-state index in [1.54, 1.807) is 30.4 Å². The van der Waals surface area contributed by atoms with Crippen molar-refractivity contribution in [3.63, 3.8) is 0 Å². The minimum absolute atomic E-state index is 0.212. The summed E-state index contributed by atoms with van der Waals surface area (Å²) in [6, 6.07) is 5.05. The Bertz CT molecular complexity index is 640. The van der Waals surface area contributed by atoms with Gasteiger partial charge in [-0.1, -0.05) is 18.7 Å². The van der Waals surface area contributed by atoms with Crippen LogP contribution in [-0.2, 0) is 4.79 Å². The van der Waals surface area contributed by atoms with Gasteiger partial charge in [-0.15, -0.1) is 13.2 Å². The predicted molar refractivity (Wildman–Crippen MR) is 90.9 cm³/mol. The Morgan fingerprint density at radius 1 is 1.26 bits per heavy atom. The van der Waals surface area contributed by atoms with Gasteiger partial charge in [0.1, 0.15) is 5.75 Å². The molecule has 0 fully saturated rings. The van der Waals surface area contributed by atoms with Gasteiger partial charge in [-0.25, -0.2) is 4.79 Å². The monoisotopic (exact) mass is 314 g/mol. The number of carbonyl (C=O) groups excluding carboxylic acids is 1. The Hall–Kier alpha value is -3.15. The molecule has 0 aromatic heterocycles. The highest BCUT2D eigenvalue weighted by Crippen LogP contribution is 2.27. The van der Waals surface area contributed by atoms with Crippen LogP contribution in [0.5, 0.6) is 5.75 Å². The Morgan fingerprint density at radius 2 is 1.91 bits per heavy atom. The van der Waals surface area contributed by atoms with E-state index in [2.05, 4.69) is 19.7 Å². The van der Waals surface area contributed by atoms with Crippen molar-refractivity contribution in [3.8, 4) is 5.75 Å². The molecule has 6 heteroatoms. The summed E-state index contributed by atoms with van der Waals surface area (Å²) in [6.07, 6.45) is 6.55. The lowest BCUT2D eigenvalue weighted by atomic mass is 10.1. The van der Waals surface area contributed by atoms with Crippen LogP contribution in [-0.4, -0.2) is 24.0 Å². The topological polar surface area (TPSA) is 72.7 Å². The van der Waals surface area contributed by atoms with Gasteiger partial charge in [-0.2, -0.15) is 0 Å². The molecule has 0 saturated heterocycles. The number of ether oxygens (including phenoxy) is 1. The number of carbonyl (C=O) groups is 1. The number of anilines is 1. The van der Waals surface area contributed by atoms with Crippen molar-refractivity contribution in [2.75, 3.05) is 18.0 Å². The van der Waals surface area contributed by atoms with Crippen molar-refractivity contribution in [3.05, 3.63) is 78.0 Å². The lowest BCUT2D eigenvalue weighted by molar-refractivity contribution is -0.400. The van der Waals surface area contributed by atoms with Crippen molar-refractivity contribution >= 4 is 17.7 Å². The quantitative estimate of drug-likeness (QED) is 0.175. The average molecular weight is 314 g/mol. The first-order chi connectivity index (χ1) is 11.0. The number of nitrogens with zero attached hydrogens (tertiary/aromatic N) is 2. The van der Waals surface area contributed by atoms with Crippen molar-refractivity contribution in [1.29, 1.82) is 0 Å². The highest BCUT2D eigenvalue weighted by molar-refractivity contribution is 5.84. The molecule has 0 spiro atoms. The maximum absolute atomic E-state index is 11.5. The summed E-state index contributed by atoms with van der Waals surface area (Å²) in [4.78, 5) is 23.3. The fraction of sp³-hybridized carbons (Fsp3) is 0.118. The van der Waals surface area contributed by atoms with Gasteiger partial charge in [0.25, 0.3) is 0 Å². The van der Waals surface area contributed by atoms with Crippen molar-refractivity contribution < 1.29 is 14.5 Å². The molecule has 0 unspecified atom stereocenters. The molecule has 0 amide bonds. The molecule has 0 heterocycles. The van der Waals surface area contributed by atoms with Crippen LogP contribution in [0.2, 0.25) is 0 Å². The van der Waals surface area contributed by atoms with E-state index >= 15 is 0 Å². The lowest BCUT2D eigenvalue weighted by Crippen LogP contribution is -2.23. The Labute approximate surface area is 134 Å². The average Bonchev–Trinajstić information content (AvgIpc) is 2.53. The van der Waals surface area contributed by atoms with Crippen molar-refractivity contribution in [1.82, 2.24) is 0 Å². The third kappa shape index (κ3) is 5.62. The minimum atomic E-state index is -0.642. The highest BCUT2D eigenvalue weighted by atomic mass is 16.6. The molecule has 120 valence electrons. The molecule has 0 aliphatic carbocycles. The van der Waals surface area contributed by atoms with Crippen LogP contribution in [0.4, 0.5) is 5.69 Å². The van der Waals surface area contributed by atoms with Crippen LogP contribution in [0.25, 0.3) is 6.08 Å². The SMILES string of the molecule is C=CCN(CC=C)c1ccc(C=C[N+](=O)[O-])c(OC(=O)C=C)c1. The van der Waals surface area contributed by atoms with Gasteiger partial charge >= 0.3 is 5.97 Å². The number of rotatable bonds is 9. The van der Waals surface area contributed by atoms with Crippen LogP contribution < -0.4 is 9.64 Å². The molecule has 0 aliphatic heterocycles. The smallest absolute Gasteiger partial charge is 0.335 e. The largest absolute Gasteiger partial charge is 0.423 e. The van der Waals surface area contributed by atoms with E-state index in [-0.39, 0.29) is 5.75 Å². The standard InChI is InChI=1S/C17H18N2O4/c1-4-10-18(11-5-2)15-8-7-14(9-12-19(21)22)16(13-15)23-17(20)6-3/h4-9,12-13H,1-3,10-11H2. The first-order valence-electron chi connectivity index (χ1n) is 6.78. The normalized spacial score (nSPS) is 10.1. The third-order valence-corrected chi connectivity index (χ3v) is 2.81. The summed E-state index contributed by atoms with van der Waals surface area (Å²) in [7, 11) is 0. The number of benzene rings is 1. The maximum atomic E-state index is 11.5. The molecule has 0 N–H and O–H groups in total. The first kappa shape index (κ1) is 17.9. The van der Waals surface area contributed by atoms with Crippen LogP contribution in [0.1, 0.15) is 5.56 Å². The van der Waals surface area contributed by atoms with Gasteiger partial charge in [0, 0.05) is 42.6 Å². The van der Waals surface area contributed by atoms with Gasteiger partial charge in [0.2, 0.25) is 6.20 Å². The Balaban J connectivity index is 3.25. The van der Waals surface area contributed by atoms with E-state index in [4.69, 9.17) is 4.74 Å². The zero-order chi connectivity index (χ0) is 17.2. The van der Waals surface area contributed by atoms with Gasteiger partial charge in [0.05, 0.1) is 4.92 Å². The van der Waals surface area contributed by atoms with E-state index < -0.39 is 10.9 Å². The fourth-order valence-electron chi connectivity index (χ4n) is 1.83. The van der Waals surface area contributed by atoms with Crippen molar-refractivity contribution in [2.24, 2.45) is 0 Å². The zero-order valence-corrected chi connectivity index (χ0v) is 12.7. The van der Waals surface area contributed by atoms with Gasteiger partial charge in [-0.3, -0.25) is 10.1 Å². The van der Waals surface area contributed by atoms with E-state index in [1.165, 1.54) is 6.08 Å². The molecule has 0 bridgehead atoms. The molecule has 0 radical (unpaired) electrons. The molecule has 0 atom stereocenters. The van der Waals surface area contributed by atoms with E-state index in [0.717, 1.165) is 18.0 Å². The molecular weight excluding hydrogens is 296 g/mol. The summed E-state index contributed by atoms with van der Waals surface area (Å²) in [5.74, 6) is -0.430. The van der Waals surface area contributed by atoms with Crippen LogP contribution in [0.3, 0.4) is 0 Å². The molecule has 1 aromatic rings. The van der Waals surface area contributed by atoms with Crippen LogP contribution in [0, 0.1) is 10.1 Å². The number of esters is 1. The predicted octanol–water partition coefficient (Wildman–Crippen LogP) is 3.20. The molecule has 1 aromatic carbocycles. The zero-order valence-electron chi connectivity index (χ0n) is 12.7. The van der Waals surface area contributed by atoms with Crippen LogP contribution in [0.15, 0.2) is 62.4 Å². The summed E-state index contributed by atoms with van der Waals surface area (Å²) in [5.41, 5.74) is 1.19. The van der Waals surface area contributed by atoms with Gasteiger partial charge in [-0.05, 0) is 12.1 Å². The lowest BCUT2D eigenvalue weighted by Gasteiger charge is -2.22. The van der Waals surface area contributed by atoms with E-state index in [0.29, 0.717) is 18.7 Å². The molecule has 0 aliphatic rings. The highest BCUT2D eigenvalue weighted by Gasteiger charge is 2.11. The first-order valence-corrected chi connectivity index (χ1v) is 6.78. The molecule has 0 saturated carbocycles. The number of hydrogen-bond donors (Lipinski definition) is 0. The summed E-state index contributed by atoms with van der Waals surface area (Å²) in [5, 5.41) is 10.5. The third-order valence-electron chi connectivity index (χ3n) is 2.81. The minimum Gasteiger partial charge on any atom is -0.423 e. The second-order valence-electron chi connectivity index (χ2n) is 4.43. The summed E-state index contributed by atoms with van der Waals surface area (Å²) >= 11 is 0. The maximum Gasteiger partial charge on any atom is 0.335 e. The number of hydrogen-bond acceptors (Lipinski definition) is 5. The van der Waals surface area contributed by atoms with Gasteiger partial charge in [0.15, 0.2) is 0 Å². The molecule has 23 heavy (non-hydrogen) atoms. The second-order valence-corrected chi connectivity index (χ2v) is 4.43. The number of nitro groups is 1. The summed E-state index contributed by atoms with van der Waals surface area (Å²) in [6.45, 7) is 11.9. The fourth-order valence-corrected chi connectivity index (χ4v) is 1.83. The molecule has 6 nitrogen and oxygen atoms in total. The van der Waals surface area contributed by atoms with Crippen LogP contribution >= 0.6 is 0 Å². The molecule has 1 rings (SSSR count). The van der Waals surface area contributed by atoms with E-state index in [1.807, 2.05) is 4.90 Å². The second kappa shape index (κ2) is 8.99. The van der Waals surface area contributed by atoms with Gasteiger partial charge < -0.3 is 9.64 Å². The van der Waals surface area contributed by atoms with Crippen molar-refractivity contribution in [2.45, 2.75) is 0 Å². The van der Waals surface area contributed by atoms with E-state index in [9.17, 15) is 14.9 Å². The summed E-state index contributed by atoms with van der Waals surface area (Å²) < 4.78 is 5.16. The Morgan fingerprint density at radius 3 is 2.43 bits per heavy atom. The Kier molecular flexibility index (Phi) is 7.00.